The summed E-state index contributed by atoms with van der Waals surface area (Å²) in [5.41, 5.74) is -1.37. The quantitative estimate of drug-likeness (QED) is 0.737. The first-order valence-electron chi connectivity index (χ1n) is 5.82. The number of phenolic OH excluding ortho intramolecular Hbond substituents is 1. The van der Waals surface area contributed by atoms with Gasteiger partial charge in [-0.05, 0) is 38.1 Å². The van der Waals surface area contributed by atoms with E-state index in [-0.39, 0.29) is 10.6 Å². The largest absolute Gasteiger partial charge is 0.508 e. The van der Waals surface area contributed by atoms with Crippen molar-refractivity contribution in [1.29, 1.82) is 0 Å². The van der Waals surface area contributed by atoms with E-state index in [9.17, 15) is 23.1 Å². The number of aromatic hydroxyl groups is 1. The number of carbonyl (C=O) groups is 2. The molecule has 1 heterocycles. The number of imide groups is 1. The van der Waals surface area contributed by atoms with Gasteiger partial charge in [0.25, 0.3) is 0 Å². The second kappa shape index (κ2) is 4.57. The molecule has 1 fully saturated rings. The normalized spacial score (nSPS) is 19.7. The second-order valence-electron chi connectivity index (χ2n) is 4.94. The van der Waals surface area contributed by atoms with Gasteiger partial charge in [0, 0.05) is 0 Å². The number of sulfonamides is 1. The van der Waals surface area contributed by atoms with Crippen LogP contribution in [0.1, 0.15) is 13.8 Å². The van der Waals surface area contributed by atoms with Crippen molar-refractivity contribution in [2.24, 2.45) is 0 Å². The van der Waals surface area contributed by atoms with Gasteiger partial charge in [0.1, 0.15) is 11.3 Å². The van der Waals surface area contributed by atoms with Crippen molar-refractivity contribution < 1.29 is 23.1 Å². The Morgan fingerprint density at radius 2 is 1.75 bits per heavy atom. The number of benzene rings is 1. The van der Waals surface area contributed by atoms with E-state index in [0.717, 1.165) is 4.31 Å². The van der Waals surface area contributed by atoms with Gasteiger partial charge in [-0.1, -0.05) is 0 Å². The van der Waals surface area contributed by atoms with Crippen LogP contribution in [0.5, 0.6) is 5.75 Å². The Hall–Kier alpha value is -1.93. The lowest BCUT2D eigenvalue weighted by molar-refractivity contribution is -0.141. The number of hydrogen-bond donors (Lipinski definition) is 2. The summed E-state index contributed by atoms with van der Waals surface area (Å²) in [6, 6.07) is 4.90. The Morgan fingerprint density at radius 3 is 2.30 bits per heavy atom. The van der Waals surface area contributed by atoms with E-state index in [2.05, 4.69) is 5.32 Å². The molecule has 0 bridgehead atoms. The Morgan fingerprint density at radius 1 is 1.20 bits per heavy atom. The fourth-order valence-corrected chi connectivity index (χ4v) is 3.60. The first kappa shape index (κ1) is 14.5. The molecule has 20 heavy (non-hydrogen) atoms. The molecule has 0 atom stereocenters. The molecule has 7 nitrogen and oxygen atoms in total. The first-order valence-corrected chi connectivity index (χ1v) is 7.26. The van der Waals surface area contributed by atoms with E-state index in [1.165, 1.54) is 38.1 Å². The van der Waals surface area contributed by atoms with Crippen molar-refractivity contribution in [1.82, 2.24) is 9.62 Å². The van der Waals surface area contributed by atoms with Gasteiger partial charge < -0.3 is 5.11 Å². The lowest BCUT2D eigenvalue weighted by atomic mass is 10.0. The molecular formula is C12H14N2O5S. The van der Waals surface area contributed by atoms with Crippen LogP contribution in [0.15, 0.2) is 29.2 Å². The van der Waals surface area contributed by atoms with Gasteiger partial charge in [-0.2, -0.15) is 4.31 Å². The van der Waals surface area contributed by atoms with Crippen LogP contribution in [0.3, 0.4) is 0 Å². The number of nitrogens with one attached hydrogen (secondary N) is 1. The second-order valence-corrected chi connectivity index (χ2v) is 6.80. The maximum absolute atomic E-state index is 12.5. The van der Waals surface area contributed by atoms with Crippen LogP contribution in [-0.2, 0) is 19.6 Å². The Labute approximate surface area is 116 Å². The van der Waals surface area contributed by atoms with Gasteiger partial charge in [0.2, 0.25) is 21.8 Å². The van der Waals surface area contributed by atoms with Gasteiger partial charge in [-0.15, -0.1) is 0 Å². The topological polar surface area (TPSA) is 104 Å². The lowest BCUT2D eigenvalue weighted by Crippen LogP contribution is -2.65. The molecule has 8 heteroatoms. The number of nitrogens with zero attached hydrogens (tertiary/aromatic N) is 1. The Bertz CT molecular complexity index is 664. The van der Waals surface area contributed by atoms with E-state index in [1.807, 2.05) is 0 Å². The van der Waals surface area contributed by atoms with Crippen molar-refractivity contribution in [2.75, 3.05) is 6.54 Å². The molecule has 1 aromatic rings. The number of piperazine rings is 1. The lowest BCUT2D eigenvalue weighted by Gasteiger charge is -2.38. The van der Waals surface area contributed by atoms with E-state index in [0.29, 0.717) is 0 Å². The molecule has 1 aliphatic heterocycles. The molecule has 108 valence electrons. The van der Waals surface area contributed by atoms with Gasteiger partial charge >= 0.3 is 0 Å². The zero-order chi connectivity index (χ0) is 15.1. The standard InChI is InChI=1S/C12H14N2O5S/c1-12(2)11(17)13-10(16)7-14(12)20(18,19)9-5-3-8(15)4-6-9/h3-6,15H,7H2,1-2H3,(H,13,16,17). The third-order valence-corrected chi connectivity index (χ3v) is 5.18. The van der Waals surface area contributed by atoms with E-state index in [1.54, 1.807) is 0 Å². The van der Waals surface area contributed by atoms with E-state index < -0.39 is 33.9 Å². The van der Waals surface area contributed by atoms with E-state index >= 15 is 0 Å². The molecule has 1 aliphatic rings. The number of amides is 2. The predicted octanol–water partition coefficient (Wildman–Crippen LogP) is -0.182. The minimum absolute atomic E-state index is 0.0735. The van der Waals surface area contributed by atoms with Crippen LogP contribution >= 0.6 is 0 Å². The van der Waals surface area contributed by atoms with Crippen LogP contribution in [0, 0.1) is 0 Å². The highest BCUT2D eigenvalue weighted by Gasteiger charge is 2.47. The van der Waals surface area contributed by atoms with Gasteiger partial charge in [-0.25, -0.2) is 8.42 Å². The zero-order valence-electron chi connectivity index (χ0n) is 11.0. The van der Waals surface area contributed by atoms with Gasteiger partial charge in [-0.3, -0.25) is 14.9 Å². The summed E-state index contributed by atoms with van der Waals surface area (Å²) in [4.78, 5) is 23.1. The van der Waals surface area contributed by atoms with Crippen molar-refractivity contribution in [2.45, 2.75) is 24.3 Å². The summed E-state index contributed by atoms with van der Waals surface area (Å²) >= 11 is 0. The van der Waals surface area contributed by atoms with Crippen LogP contribution in [0.25, 0.3) is 0 Å². The highest BCUT2D eigenvalue weighted by Crippen LogP contribution is 2.27. The van der Waals surface area contributed by atoms with Gasteiger partial charge in [0.05, 0.1) is 11.4 Å². The summed E-state index contributed by atoms with van der Waals surface area (Å²) in [6.07, 6.45) is 0. The molecule has 2 N–H and O–H groups in total. The van der Waals surface area contributed by atoms with Crippen LogP contribution < -0.4 is 5.32 Å². The molecule has 1 saturated heterocycles. The molecular weight excluding hydrogens is 284 g/mol. The van der Waals surface area contributed by atoms with Crippen LogP contribution in [0.4, 0.5) is 0 Å². The maximum atomic E-state index is 12.5. The average molecular weight is 298 g/mol. The van der Waals surface area contributed by atoms with Gasteiger partial charge in [0.15, 0.2) is 0 Å². The molecule has 0 aliphatic carbocycles. The van der Waals surface area contributed by atoms with Crippen molar-refractivity contribution in [3.05, 3.63) is 24.3 Å². The molecule has 0 saturated carbocycles. The summed E-state index contributed by atoms with van der Waals surface area (Å²) in [5, 5.41) is 11.3. The van der Waals surface area contributed by atoms with Crippen molar-refractivity contribution in [3.8, 4) is 5.75 Å². The molecule has 2 rings (SSSR count). The fourth-order valence-electron chi connectivity index (χ4n) is 1.89. The maximum Gasteiger partial charge on any atom is 0.247 e. The minimum Gasteiger partial charge on any atom is -0.508 e. The predicted molar refractivity (Wildman–Crippen MR) is 69.2 cm³/mol. The summed E-state index contributed by atoms with van der Waals surface area (Å²) in [6.45, 7) is 2.42. The van der Waals surface area contributed by atoms with Crippen LogP contribution in [-0.4, -0.2) is 41.7 Å². The number of carbonyl (C=O) groups excluding carboxylic acids is 2. The smallest absolute Gasteiger partial charge is 0.247 e. The monoisotopic (exact) mass is 298 g/mol. The molecule has 0 aromatic heterocycles. The SMILES string of the molecule is CC1(C)C(=O)NC(=O)CN1S(=O)(=O)c1ccc(O)cc1. The summed E-state index contributed by atoms with van der Waals surface area (Å²) in [7, 11) is -4.01. The molecule has 0 unspecified atom stereocenters. The van der Waals surface area contributed by atoms with Crippen molar-refractivity contribution >= 4 is 21.8 Å². The highest BCUT2D eigenvalue weighted by atomic mass is 32.2. The highest BCUT2D eigenvalue weighted by molar-refractivity contribution is 7.89. The number of rotatable bonds is 2. The summed E-state index contributed by atoms with van der Waals surface area (Å²) in [5.74, 6) is -1.41. The molecule has 0 spiro atoms. The first-order chi connectivity index (χ1) is 9.15. The fraction of sp³-hybridized carbons (Fsp3) is 0.333. The summed E-state index contributed by atoms with van der Waals surface area (Å²) < 4.78 is 25.9. The Kier molecular flexibility index (Phi) is 3.31. The third-order valence-electron chi connectivity index (χ3n) is 3.14. The number of hydrogen-bond acceptors (Lipinski definition) is 5. The third kappa shape index (κ3) is 2.27. The van der Waals surface area contributed by atoms with Crippen molar-refractivity contribution in [3.63, 3.8) is 0 Å². The molecule has 1 aromatic carbocycles. The molecule has 2 amide bonds. The Balaban J connectivity index is 2.49. The minimum atomic E-state index is -4.01. The number of phenols is 1. The van der Waals surface area contributed by atoms with Crippen LogP contribution in [0.2, 0.25) is 0 Å². The zero-order valence-corrected chi connectivity index (χ0v) is 11.8. The van der Waals surface area contributed by atoms with E-state index in [4.69, 9.17) is 0 Å². The average Bonchev–Trinajstić information content (AvgIpc) is 2.34. The molecule has 0 radical (unpaired) electrons.